The van der Waals surface area contributed by atoms with E-state index in [-0.39, 0.29) is 5.78 Å². The molecule has 1 atom stereocenters. The lowest BCUT2D eigenvalue weighted by atomic mass is 9.95. The Kier molecular flexibility index (Phi) is 3.88. The smallest absolute Gasteiger partial charge is 0.186 e. The maximum atomic E-state index is 12.0. The van der Waals surface area contributed by atoms with Crippen molar-refractivity contribution in [1.82, 2.24) is 4.90 Å². The lowest BCUT2D eigenvalue weighted by Gasteiger charge is -2.36. The second-order valence-electron chi connectivity index (χ2n) is 4.84. The molecule has 94 valence electrons. The lowest BCUT2D eigenvalue weighted by molar-refractivity contribution is -0.0132. The van der Waals surface area contributed by atoms with Crippen molar-refractivity contribution in [3.05, 3.63) is 21.3 Å². The molecule has 0 radical (unpaired) electrons. The number of hydrogen-bond acceptors (Lipinski definition) is 4. The maximum Gasteiger partial charge on any atom is 0.186 e. The average Bonchev–Trinajstić information content (AvgIpc) is 2.63. The summed E-state index contributed by atoms with van der Waals surface area (Å²) in [6, 6.07) is 3.50. The van der Waals surface area contributed by atoms with Crippen molar-refractivity contribution in [2.24, 2.45) is 0 Å². The van der Waals surface area contributed by atoms with Crippen LogP contribution in [0.1, 0.15) is 29.4 Å². The molecular formula is C12H16ClNO2S. The molecule has 0 aromatic carbocycles. The van der Waals surface area contributed by atoms with Crippen LogP contribution in [0.3, 0.4) is 0 Å². The van der Waals surface area contributed by atoms with E-state index >= 15 is 0 Å². The van der Waals surface area contributed by atoms with Crippen LogP contribution in [0.2, 0.25) is 4.34 Å². The molecule has 17 heavy (non-hydrogen) atoms. The number of hydrogen-bond donors (Lipinski definition) is 1. The molecule has 1 aliphatic heterocycles. The van der Waals surface area contributed by atoms with Gasteiger partial charge in [0.1, 0.15) is 0 Å². The predicted molar refractivity (Wildman–Crippen MR) is 70.0 cm³/mol. The number of carbonyl (C=O) groups excluding carboxylic acids is 1. The van der Waals surface area contributed by atoms with Crippen molar-refractivity contribution in [2.45, 2.75) is 25.4 Å². The zero-order valence-electron chi connectivity index (χ0n) is 9.78. The zero-order valence-corrected chi connectivity index (χ0v) is 11.4. The van der Waals surface area contributed by atoms with Gasteiger partial charge in [-0.2, -0.15) is 0 Å². The van der Waals surface area contributed by atoms with E-state index in [0.29, 0.717) is 22.3 Å². The Morgan fingerprint density at radius 1 is 1.65 bits per heavy atom. The molecule has 1 saturated heterocycles. The summed E-state index contributed by atoms with van der Waals surface area (Å²) in [6.45, 7) is 3.64. The first-order valence-corrected chi connectivity index (χ1v) is 6.89. The van der Waals surface area contributed by atoms with Gasteiger partial charge in [-0.15, -0.1) is 11.3 Å². The average molecular weight is 274 g/mol. The van der Waals surface area contributed by atoms with Gasteiger partial charge in [-0.25, -0.2) is 0 Å². The molecule has 1 unspecified atom stereocenters. The summed E-state index contributed by atoms with van der Waals surface area (Å²) in [6.07, 6.45) is 1.74. The molecule has 0 saturated carbocycles. The number of β-amino-alcohol motifs (C(OH)–C–C–N with tert-alkyl or cyclic N) is 1. The first-order chi connectivity index (χ1) is 7.96. The third-order valence-corrected chi connectivity index (χ3v) is 4.24. The Morgan fingerprint density at radius 3 is 3.00 bits per heavy atom. The fourth-order valence-electron chi connectivity index (χ4n) is 2.20. The van der Waals surface area contributed by atoms with Crippen molar-refractivity contribution in [2.75, 3.05) is 19.6 Å². The summed E-state index contributed by atoms with van der Waals surface area (Å²) in [4.78, 5) is 14.7. The van der Waals surface area contributed by atoms with E-state index in [1.54, 1.807) is 12.1 Å². The summed E-state index contributed by atoms with van der Waals surface area (Å²) in [5.74, 6) is 0.0830. The molecule has 2 rings (SSSR count). The van der Waals surface area contributed by atoms with Crippen LogP contribution in [-0.4, -0.2) is 41.0 Å². The summed E-state index contributed by atoms with van der Waals surface area (Å²) in [5, 5.41) is 9.96. The fourth-order valence-corrected chi connectivity index (χ4v) is 3.18. The highest BCUT2D eigenvalue weighted by molar-refractivity contribution is 7.18. The van der Waals surface area contributed by atoms with Crippen molar-refractivity contribution < 1.29 is 9.90 Å². The van der Waals surface area contributed by atoms with Gasteiger partial charge in [-0.1, -0.05) is 11.6 Å². The van der Waals surface area contributed by atoms with Crippen LogP contribution in [-0.2, 0) is 0 Å². The highest BCUT2D eigenvalue weighted by Crippen LogP contribution is 2.24. The van der Waals surface area contributed by atoms with Crippen LogP contribution >= 0.6 is 22.9 Å². The number of nitrogens with zero attached hydrogens (tertiary/aromatic N) is 1. The lowest BCUT2D eigenvalue weighted by Crippen LogP contribution is -2.47. The van der Waals surface area contributed by atoms with E-state index in [2.05, 4.69) is 0 Å². The van der Waals surface area contributed by atoms with E-state index < -0.39 is 5.60 Å². The van der Waals surface area contributed by atoms with E-state index in [0.717, 1.165) is 19.4 Å². The van der Waals surface area contributed by atoms with Gasteiger partial charge in [-0.3, -0.25) is 9.69 Å². The number of aliphatic hydroxyl groups is 1. The molecule has 1 aromatic rings. The number of halogens is 1. The highest BCUT2D eigenvalue weighted by Gasteiger charge is 2.29. The van der Waals surface area contributed by atoms with Gasteiger partial charge in [0.2, 0.25) is 0 Å². The standard InChI is InChI=1S/C12H16ClNO2S/c1-12(16)5-2-6-14(8-12)7-9(15)10-3-4-11(13)17-10/h3-4,16H,2,5-8H2,1H3. The summed E-state index contributed by atoms with van der Waals surface area (Å²) in [5.41, 5.74) is -0.661. The van der Waals surface area contributed by atoms with Crippen LogP contribution in [0.5, 0.6) is 0 Å². The second kappa shape index (κ2) is 5.06. The minimum Gasteiger partial charge on any atom is -0.389 e. The van der Waals surface area contributed by atoms with Crippen molar-refractivity contribution in [3.63, 3.8) is 0 Å². The van der Waals surface area contributed by atoms with Crippen LogP contribution < -0.4 is 0 Å². The van der Waals surface area contributed by atoms with Crippen LogP contribution in [0.25, 0.3) is 0 Å². The van der Waals surface area contributed by atoms with Crippen LogP contribution in [0, 0.1) is 0 Å². The first-order valence-electron chi connectivity index (χ1n) is 5.69. The number of likely N-dealkylation sites (tertiary alicyclic amines) is 1. The molecule has 0 aliphatic carbocycles. The first kappa shape index (κ1) is 13.0. The van der Waals surface area contributed by atoms with Crippen molar-refractivity contribution >= 4 is 28.7 Å². The Bertz CT molecular complexity index is 416. The van der Waals surface area contributed by atoms with Crippen molar-refractivity contribution in [1.29, 1.82) is 0 Å². The predicted octanol–water partition coefficient (Wildman–Crippen LogP) is 2.43. The quantitative estimate of drug-likeness (QED) is 0.860. The summed E-state index contributed by atoms with van der Waals surface area (Å²) < 4.78 is 0.638. The summed E-state index contributed by atoms with van der Waals surface area (Å²) >= 11 is 7.12. The monoisotopic (exact) mass is 273 g/mol. The molecule has 1 aliphatic rings. The Morgan fingerprint density at radius 2 is 2.41 bits per heavy atom. The molecule has 5 heteroatoms. The topological polar surface area (TPSA) is 40.5 Å². The van der Waals surface area contributed by atoms with Gasteiger partial charge in [0.15, 0.2) is 5.78 Å². The van der Waals surface area contributed by atoms with E-state index in [4.69, 9.17) is 11.6 Å². The molecule has 0 bridgehead atoms. The van der Waals surface area contributed by atoms with Gasteiger partial charge in [0.25, 0.3) is 0 Å². The molecule has 0 amide bonds. The van der Waals surface area contributed by atoms with E-state index in [1.807, 2.05) is 11.8 Å². The number of carbonyl (C=O) groups is 1. The summed E-state index contributed by atoms with van der Waals surface area (Å²) in [7, 11) is 0. The van der Waals surface area contributed by atoms with Gasteiger partial charge in [-0.05, 0) is 38.4 Å². The molecule has 1 N–H and O–H groups in total. The van der Waals surface area contributed by atoms with Gasteiger partial charge < -0.3 is 5.11 Å². The zero-order chi connectivity index (χ0) is 12.5. The third kappa shape index (κ3) is 3.52. The minimum atomic E-state index is -0.661. The number of thiophene rings is 1. The highest BCUT2D eigenvalue weighted by atomic mass is 35.5. The SMILES string of the molecule is CC1(O)CCCN(CC(=O)c2ccc(Cl)s2)C1. The third-order valence-electron chi connectivity index (χ3n) is 2.97. The maximum absolute atomic E-state index is 12.0. The van der Waals surface area contributed by atoms with Gasteiger partial charge in [0, 0.05) is 6.54 Å². The van der Waals surface area contributed by atoms with E-state index in [1.165, 1.54) is 11.3 Å². The molecule has 0 spiro atoms. The molecule has 1 aromatic heterocycles. The molecule has 3 nitrogen and oxygen atoms in total. The Labute approximate surface area is 110 Å². The van der Waals surface area contributed by atoms with Crippen LogP contribution in [0.15, 0.2) is 12.1 Å². The number of ketones is 1. The fraction of sp³-hybridized carbons (Fsp3) is 0.583. The molecule has 2 heterocycles. The Hall–Kier alpha value is -0.420. The van der Waals surface area contributed by atoms with Gasteiger partial charge in [0.05, 0.1) is 21.4 Å². The van der Waals surface area contributed by atoms with Crippen molar-refractivity contribution in [3.8, 4) is 0 Å². The molecule has 1 fully saturated rings. The Balaban J connectivity index is 1.95. The van der Waals surface area contributed by atoms with E-state index in [9.17, 15) is 9.90 Å². The largest absolute Gasteiger partial charge is 0.389 e. The minimum absolute atomic E-state index is 0.0830. The van der Waals surface area contributed by atoms with Gasteiger partial charge >= 0.3 is 0 Å². The number of Topliss-reactive ketones (excluding diaryl/α,β-unsaturated/α-hetero) is 1. The molecular weight excluding hydrogens is 258 g/mol. The number of rotatable bonds is 3. The number of piperidine rings is 1. The second-order valence-corrected chi connectivity index (χ2v) is 6.55. The van der Waals surface area contributed by atoms with Crippen LogP contribution in [0.4, 0.5) is 0 Å². The normalized spacial score (nSPS) is 26.1.